The molecule has 15 heavy (non-hydrogen) atoms. The second-order valence-electron chi connectivity index (χ2n) is 5.01. The molecule has 1 aliphatic heterocycles. The van der Waals surface area contributed by atoms with Crippen molar-refractivity contribution in [3.8, 4) is 0 Å². The zero-order chi connectivity index (χ0) is 10.7. The molecule has 0 radical (unpaired) electrons. The lowest BCUT2D eigenvalue weighted by molar-refractivity contribution is 0.0144. The van der Waals surface area contributed by atoms with Crippen LogP contribution < -0.4 is 5.32 Å². The van der Waals surface area contributed by atoms with Crippen LogP contribution in [0.2, 0.25) is 0 Å². The summed E-state index contributed by atoms with van der Waals surface area (Å²) in [5.74, 6) is 0. The Kier molecular flexibility index (Phi) is 3.61. The van der Waals surface area contributed by atoms with Crippen LogP contribution in [0.3, 0.4) is 0 Å². The predicted molar refractivity (Wildman–Crippen MR) is 58.9 cm³/mol. The molecule has 2 rings (SSSR count). The predicted octanol–water partition coefficient (Wildman–Crippen LogP) is -0.178. The second kappa shape index (κ2) is 4.78. The molecule has 0 amide bonds. The van der Waals surface area contributed by atoms with Gasteiger partial charge in [-0.15, -0.1) is 0 Å². The summed E-state index contributed by atoms with van der Waals surface area (Å²) < 4.78 is 5.27. The Labute approximate surface area is 91.6 Å². The fourth-order valence-electron chi connectivity index (χ4n) is 1.87. The van der Waals surface area contributed by atoms with Crippen molar-refractivity contribution in [3.63, 3.8) is 0 Å². The molecule has 0 aromatic rings. The molecule has 1 unspecified atom stereocenters. The molecular formula is C11H22N2O2. The molecule has 1 aliphatic carbocycles. The fourth-order valence-corrected chi connectivity index (χ4v) is 1.87. The molecule has 1 atom stereocenters. The van der Waals surface area contributed by atoms with Gasteiger partial charge in [0.25, 0.3) is 0 Å². The van der Waals surface area contributed by atoms with E-state index < -0.39 is 0 Å². The minimum atomic E-state index is -0.250. The number of aliphatic hydroxyl groups excluding tert-OH is 1. The molecule has 4 nitrogen and oxygen atoms in total. The maximum Gasteiger partial charge on any atom is 0.0791 e. The first-order valence-corrected chi connectivity index (χ1v) is 5.91. The highest BCUT2D eigenvalue weighted by Gasteiger charge is 2.36. The van der Waals surface area contributed by atoms with Crippen LogP contribution in [0.4, 0.5) is 0 Å². The third-order valence-electron chi connectivity index (χ3n) is 3.34. The van der Waals surface area contributed by atoms with Gasteiger partial charge < -0.3 is 15.2 Å². The third-order valence-corrected chi connectivity index (χ3v) is 3.34. The van der Waals surface area contributed by atoms with Crippen molar-refractivity contribution in [2.75, 3.05) is 39.4 Å². The highest BCUT2D eigenvalue weighted by molar-refractivity contribution is 4.97. The summed E-state index contributed by atoms with van der Waals surface area (Å²) in [6.07, 6.45) is 2.25. The first-order chi connectivity index (χ1) is 7.18. The highest BCUT2D eigenvalue weighted by Crippen LogP contribution is 2.33. The van der Waals surface area contributed by atoms with Crippen molar-refractivity contribution >= 4 is 0 Å². The van der Waals surface area contributed by atoms with Gasteiger partial charge in [-0.2, -0.15) is 0 Å². The van der Waals surface area contributed by atoms with E-state index in [1.165, 1.54) is 12.8 Å². The summed E-state index contributed by atoms with van der Waals surface area (Å²) in [7, 11) is 0. The summed E-state index contributed by atoms with van der Waals surface area (Å²) in [4.78, 5) is 2.27. The van der Waals surface area contributed by atoms with E-state index in [2.05, 4.69) is 17.1 Å². The maximum absolute atomic E-state index is 9.85. The van der Waals surface area contributed by atoms with E-state index in [1.54, 1.807) is 0 Å². The standard InChI is InChI=1S/C11H22N2O2/c1-11(2-3-11)12-8-10(14)9-13-4-6-15-7-5-13/h10,12,14H,2-9H2,1H3. The van der Waals surface area contributed by atoms with E-state index in [9.17, 15) is 5.11 Å². The molecule has 0 aromatic carbocycles. The first-order valence-electron chi connectivity index (χ1n) is 5.91. The van der Waals surface area contributed by atoms with Gasteiger partial charge >= 0.3 is 0 Å². The summed E-state index contributed by atoms with van der Waals surface area (Å²) in [6.45, 7) is 7.22. The Balaban J connectivity index is 1.60. The van der Waals surface area contributed by atoms with Crippen LogP contribution in [0.5, 0.6) is 0 Å². The van der Waals surface area contributed by atoms with E-state index in [1.807, 2.05) is 0 Å². The van der Waals surface area contributed by atoms with Crippen molar-refractivity contribution in [2.24, 2.45) is 0 Å². The Morgan fingerprint density at radius 1 is 1.40 bits per heavy atom. The molecule has 1 saturated carbocycles. The van der Waals surface area contributed by atoms with Gasteiger partial charge in [-0.25, -0.2) is 0 Å². The van der Waals surface area contributed by atoms with Crippen LogP contribution >= 0.6 is 0 Å². The van der Waals surface area contributed by atoms with Crippen molar-refractivity contribution in [3.05, 3.63) is 0 Å². The van der Waals surface area contributed by atoms with Crippen LogP contribution in [0.15, 0.2) is 0 Å². The fraction of sp³-hybridized carbons (Fsp3) is 1.00. The van der Waals surface area contributed by atoms with E-state index in [4.69, 9.17) is 4.74 Å². The summed E-state index contributed by atoms with van der Waals surface area (Å²) in [5.41, 5.74) is 0.325. The van der Waals surface area contributed by atoms with Gasteiger partial charge in [0.1, 0.15) is 0 Å². The summed E-state index contributed by atoms with van der Waals surface area (Å²) in [6, 6.07) is 0. The van der Waals surface area contributed by atoms with Gasteiger partial charge in [-0.1, -0.05) is 0 Å². The largest absolute Gasteiger partial charge is 0.390 e. The van der Waals surface area contributed by atoms with Gasteiger partial charge in [-0.3, -0.25) is 4.90 Å². The molecule has 0 aromatic heterocycles. The molecule has 88 valence electrons. The van der Waals surface area contributed by atoms with Crippen molar-refractivity contribution < 1.29 is 9.84 Å². The van der Waals surface area contributed by atoms with Crippen molar-refractivity contribution in [2.45, 2.75) is 31.4 Å². The SMILES string of the molecule is CC1(NCC(O)CN2CCOCC2)CC1. The minimum Gasteiger partial charge on any atom is -0.390 e. The molecule has 4 heteroatoms. The Morgan fingerprint density at radius 2 is 2.07 bits per heavy atom. The number of morpholine rings is 1. The lowest BCUT2D eigenvalue weighted by atomic mass is 10.2. The average Bonchev–Trinajstić information content (AvgIpc) is 2.96. The van der Waals surface area contributed by atoms with Crippen LogP contribution in [0.25, 0.3) is 0 Å². The Bertz CT molecular complexity index is 201. The van der Waals surface area contributed by atoms with Gasteiger partial charge in [0, 0.05) is 31.7 Å². The van der Waals surface area contributed by atoms with E-state index in [0.29, 0.717) is 12.1 Å². The van der Waals surface area contributed by atoms with E-state index >= 15 is 0 Å². The van der Waals surface area contributed by atoms with Gasteiger partial charge in [-0.05, 0) is 19.8 Å². The molecule has 2 aliphatic rings. The van der Waals surface area contributed by atoms with Gasteiger partial charge in [0.05, 0.1) is 19.3 Å². The van der Waals surface area contributed by atoms with Crippen LogP contribution in [0.1, 0.15) is 19.8 Å². The monoisotopic (exact) mass is 214 g/mol. The molecule has 1 heterocycles. The molecule has 1 saturated heterocycles. The quantitative estimate of drug-likeness (QED) is 0.666. The maximum atomic E-state index is 9.85. The zero-order valence-corrected chi connectivity index (χ0v) is 9.54. The lowest BCUT2D eigenvalue weighted by Crippen LogP contribution is -2.45. The average molecular weight is 214 g/mol. The van der Waals surface area contributed by atoms with Crippen molar-refractivity contribution in [1.82, 2.24) is 10.2 Å². The minimum absolute atomic E-state index is 0.250. The summed E-state index contributed by atoms with van der Waals surface area (Å²) in [5, 5.41) is 13.3. The number of rotatable bonds is 5. The first kappa shape index (κ1) is 11.3. The molecular weight excluding hydrogens is 192 g/mol. The smallest absolute Gasteiger partial charge is 0.0791 e. The third kappa shape index (κ3) is 3.72. The van der Waals surface area contributed by atoms with Crippen LogP contribution in [-0.4, -0.2) is 61.0 Å². The van der Waals surface area contributed by atoms with Gasteiger partial charge in [0.15, 0.2) is 0 Å². The number of hydrogen-bond acceptors (Lipinski definition) is 4. The van der Waals surface area contributed by atoms with E-state index in [0.717, 1.165) is 32.8 Å². The number of β-amino-alcohol motifs (C(OH)–C–C–N with tert-alkyl or cyclic N) is 1. The van der Waals surface area contributed by atoms with Crippen LogP contribution in [0, 0.1) is 0 Å². The summed E-state index contributed by atoms with van der Waals surface area (Å²) >= 11 is 0. The topological polar surface area (TPSA) is 44.7 Å². The molecule has 2 fully saturated rings. The number of nitrogens with zero attached hydrogens (tertiary/aromatic N) is 1. The number of nitrogens with one attached hydrogen (secondary N) is 1. The zero-order valence-electron chi connectivity index (χ0n) is 9.54. The van der Waals surface area contributed by atoms with E-state index in [-0.39, 0.29) is 6.10 Å². The number of ether oxygens (including phenoxy) is 1. The van der Waals surface area contributed by atoms with Crippen molar-refractivity contribution in [1.29, 1.82) is 0 Å². The second-order valence-corrected chi connectivity index (χ2v) is 5.01. The van der Waals surface area contributed by atoms with Crippen LogP contribution in [-0.2, 0) is 4.74 Å². The Hall–Kier alpha value is -0.160. The Morgan fingerprint density at radius 3 is 2.67 bits per heavy atom. The number of aliphatic hydroxyl groups is 1. The molecule has 0 spiro atoms. The van der Waals surface area contributed by atoms with Gasteiger partial charge in [0.2, 0.25) is 0 Å². The lowest BCUT2D eigenvalue weighted by Gasteiger charge is -2.29. The highest BCUT2D eigenvalue weighted by atomic mass is 16.5. The normalized spacial score (nSPS) is 27.6. The molecule has 0 bridgehead atoms. The number of hydrogen-bond donors (Lipinski definition) is 2. The molecule has 2 N–H and O–H groups in total.